The number of aromatic nitrogens is 2. The highest BCUT2D eigenvalue weighted by Crippen LogP contribution is 2.30. The van der Waals surface area contributed by atoms with E-state index >= 15 is 0 Å². The molecule has 0 aliphatic heterocycles. The van der Waals surface area contributed by atoms with Gasteiger partial charge in [0.1, 0.15) is 12.1 Å². The fourth-order valence-electron chi connectivity index (χ4n) is 2.84. The topological polar surface area (TPSA) is 59.2 Å². The Labute approximate surface area is 145 Å². The lowest BCUT2D eigenvalue weighted by Gasteiger charge is -2.31. The van der Waals surface area contributed by atoms with Gasteiger partial charge in [0.2, 0.25) is 0 Å². The maximum atomic E-state index is 13.7. The van der Waals surface area contributed by atoms with Gasteiger partial charge in [-0.15, -0.1) is 0 Å². The zero-order chi connectivity index (χ0) is 17.8. The van der Waals surface area contributed by atoms with E-state index in [0.29, 0.717) is 12.1 Å². The Morgan fingerprint density at radius 3 is 2.72 bits per heavy atom. The van der Waals surface area contributed by atoms with Gasteiger partial charge >= 0.3 is 0 Å². The van der Waals surface area contributed by atoms with Gasteiger partial charge in [0.15, 0.2) is 5.69 Å². The van der Waals surface area contributed by atoms with Gasteiger partial charge in [-0.2, -0.15) is 0 Å². The van der Waals surface area contributed by atoms with Crippen LogP contribution in [0.5, 0.6) is 0 Å². The highest BCUT2D eigenvalue weighted by Gasteiger charge is 2.28. The van der Waals surface area contributed by atoms with E-state index in [2.05, 4.69) is 10.1 Å². The molecule has 1 unspecified atom stereocenters. The summed E-state index contributed by atoms with van der Waals surface area (Å²) >= 11 is 0. The first kappa shape index (κ1) is 16.8. The fraction of sp³-hybridized carbons (Fsp3) is 0.211. The third kappa shape index (κ3) is 3.42. The first-order valence-electron chi connectivity index (χ1n) is 7.99. The van der Waals surface area contributed by atoms with Crippen LogP contribution in [0, 0.1) is 12.7 Å². The van der Waals surface area contributed by atoms with E-state index < -0.39 is 6.04 Å². The normalized spacial score (nSPS) is 12.0. The monoisotopic (exact) mass is 339 g/mol. The lowest BCUT2D eigenvalue weighted by Crippen LogP contribution is -2.35. The molecule has 0 saturated carbocycles. The molecule has 0 aliphatic rings. The molecule has 0 N–H and O–H groups in total. The first-order valence-corrected chi connectivity index (χ1v) is 7.99. The molecule has 0 fully saturated rings. The molecule has 2 aromatic heterocycles. The second-order valence-corrected chi connectivity index (χ2v) is 5.67. The third-order valence-corrected chi connectivity index (χ3v) is 4.07. The standard InChI is InChI=1S/C19H18FN3O2/c1-3-23(19(24)17-8-10-25-22-17)18(15-5-4-9-21-12-15)14-6-7-16(20)13(2)11-14/h4-12,18H,3H2,1-2H3. The van der Waals surface area contributed by atoms with E-state index in [1.807, 2.05) is 19.1 Å². The van der Waals surface area contributed by atoms with Gasteiger partial charge in [0, 0.05) is 25.0 Å². The van der Waals surface area contributed by atoms with Crippen LogP contribution in [0.4, 0.5) is 4.39 Å². The van der Waals surface area contributed by atoms with Gasteiger partial charge in [-0.25, -0.2) is 4.39 Å². The van der Waals surface area contributed by atoms with Crippen LogP contribution in [-0.2, 0) is 0 Å². The molecule has 0 bridgehead atoms. The summed E-state index contributed by atoms with van der Waals surface area (Å²) in [6.07, 6.45) is 4.75. The van der Waals surface area contributed by atoms with Crippen LogP contribution in [0.1, 0.15) is 40.1 Å². The number of aryl methyl sites for hydroxylation is 1. The number of nitrogens with zero attached hydrogens (tertiary/aromatic N) is 3. The number of halogens is 1. The van der Waals surface area contributed by atoms with E-state index in [0.717, 1.165) is 11.1 Å². The van der Waals surface area contributed by atoms with Crippen molar-refractivity contribution < 1.29 is 13.7 Å². The SMILES string of the molecule is CCN(C(=O)c1ccon1)C(c1cccnc1)c1ccc(F)c(C)c1. The molecule has 0 saturated heterocycles. The van der Waals surface area contributed by atoms with Crippen LogP contribution >= 0.6 is 0 Å². The Bertz CT molecular complexity index is 850. The lowest BCUT2D eigenvalue weighted by atomic mass is 9.96. The second-order valence-electron chi connectivity index (χ2n) is 5.67. The molecule has 5 nitrogen and oxygen atoms in total. The van der Waals surface area contributed by atoms with Gasteiger partial charge < -0.3 is 9.42 Å². The van der Waals surface area contributed by atoms with Crippen LogP contribution in [0.3, 0.4) is 0 Å². The number of benzene rings is 1. The van der Waals surface area contributed by atoms with Gasteiger partial charge in [-0.05, 0) is 42.7 Å². The molecule has 3 aromatic rings. The predicted octanol–water partition coefficient (Wildman–Crippen LogP) is 3.77. The van der Waals surface area contributed by atoms with Gasteiger partial charge in [-0.3, -0.25) is 9.78 Å². The Morgan fingerprint density at radius 1 is 1.28 bits per heavy atom. The largest absolute Gasteiger partial charge is 0.364 e. The van der Waals surface area contributed by atoms with Crippen LogP contribution in [0.15, 0.2) is 59.6 Å². The van der Waals surface area contributed by atoms with Crippen molar-refractivity contribution in [3.63, 3.8) is 0 Å². The van der Waals surface area contributed by atoms with Crippen LogP contribution < -0.4 is 0 Å². The summed E-state index contributed by atoms with van der Waals surface area (Å²) in [5, 5.41) is 3.74. The molecular weight excluding hydrogens is 321 g/mol. The molecule has 6 heteroatoms. The van der Waals surface area contributed by atoms with Crippen molar-refractivity contribution in [2.75, 3.05) is 6.54 Å². The van der Waals surface area contributed by atoms with Crippen molar-refractivity contribution in [2.24, 2.45) is 0 Å². The van der Waals surface area contributed by atoms with Crippen LogP contribution in [0.25, 0.3) is 0 Å². The minimum Gasteiger partial charge on any atom is -0.364 e. The quantitative estimate of drug-likeness (QED) is 0.710. The number of carbonyl (C=O) groups excluding carboxylic acids is 1. The Morgan fingerprint density at radius 2 is 2.12 bits per heavy atom. The summed E-state index contributed by atoms with van der Waals surface area (Å²) in [5.41, 5.74) is 2.41. The summed E-state index contributed by atoms with van der Waals surface area (Å²) in [6, 6.07) is 9.71. The molecular formula is C19H18FN3O2. The first-order chi connectivity index (χ1) is 12.1. The van der Waals surface area contributed by atoms with Crippen molar-refractivity contribution in [1.82, 2.24) is 15.0 Å². The number of amides is 1. The highest BCUT2D eigenvalue weighted by molar-refractivity contribution is 5.92. The average Bonchev–Trinajstić information content (AvgIpc) is 3.17. The second kappa shape index (κ2) is 7.25. The molecule has 1 atom stereocenters. The molecule has 3 rings (SSSR count). The highest BCUT2D eigenvalue weighted by atomic mass is 19.1. The average molecular weight is 339 g/mol. The fourth-order valence-corrected chi connectivity index (χ4v) is 2.84. The van der Waals surface area contributed by atoms with E-state index in [1.54, 1.807) is 36.4 Å². The molecule has 0 radical (unpaired) electrons. The molecule has 1 amide bonds. The maximum Gasteiger partial charge on any atom is 0.276 e. The number of hydrogen-bond acceptors (Lipinski definition) is 4. The zero-order valence-corrected chi connectivity index (χ0v) is 14.0. The lowest BCUT2D eigenvalue weighted by molar-refractivity contribution is 0.0706. The maximum absolute atomic E-state index is 13.7. The summed E-state index contributed by atoms with van der Waals surface area (Å²) in [7, 11) is 0. The Hall–Kier alpha value is -3.02. The van der Waals surface area contributed by atoms with E-state index in [-0.39, 0.29) is 17.4 Å². The zero-order valence-electron chi connectivity index (χ0n) is 14.0. The van der Waals surface area contributed by atoms with Crippen LogP contribution in [0.2, 0.25) is 0 Å². The van der Waals surface area contributed by atoms with E-state index in [9.17, 15) is 9.18 Å². The smallest absolute Gasteiger partial charge is 0.276 e. The summed E-state index contributed by atoms with van der Waals surface area (Å²) < 4.78 is 18.5. The number of rotatable bonds is 5. The molecule has 0 spiro atoms. The molecule has 0 aliphatic carbocycles. The number of pyridine rings is 1. The van der Waals surface area contributed by atoms with Gasteiger partial charge in [0.05, 0.1) is 6.04 Å². The van der Waals surface area contributed by atoms with Crippen molar-refractivity contribution in [2.45, 2.75) is 19.9 Å². The van der Waals surface area contributed by atoms with E-state index in [4.69, 9.17) is 4.52 Å². The molecule has 2 heterocycles. The molecule has 25 heavy (non-hydrogen) atoms. The minimum absolute atomic E-state index is 0.231. The molecule has 128 valence electrons. The summed E-state index contributed by atoms with van der Waals surface area (Å²) in [5.74, 6) is -0.536. The number of carbonyl (C=O) groups is 1. The number of hydrogen-bond donors (Lipinski definition) is 0. The Kier molecular flexibility index (Phi) is 4.88. The van der Waals surface area contributed by atoms with Crippen molar-refractivity contribution in [3.05, 3.63) is 83.3 Å². The predicted molar refractivity (Wildman–Crippen MR) is 90.4 cm³/mol. The van der Waals surface area contributed by atoms with Crippen molar-refractivity contribution in [3.8, 4) is 0 Å². The van der Waals surface area contributed by atoms with Gasteiger partial charge in [0.25, 0.3) is 5.91 Å². The minimum atomic E-state index is -0.401. The van der Waals surface area contributed by atoms with Crippen molar-refractivity contribution in [1.29, 1.82) is 0 Å². The summed E-state index contributed by atoms with van der Waals surface area (Å²) in [4.78, 5) is 18.7. The van der Waals surface area contributed by atoms with Crippen molar-refractivity contribution >= 4 is 5.91 Å². The third-order valence-electron chi connectivity index (χ3n) is 4.07. The molecule has 1 aromatic carbocycles. The van der Waals surface area contributed by atoms with E-state index in [1.165, 1.54) is 18.4 Å². The van der Waals surface area contributed by atoms with Gasteiger partial charge in [-0.1, -0.05) is 23.4 Å². The van der Waals surface area contributed by atoms with Crippen LogP contribution in [-0.4, -0.2) is 27.5 Å². The summed E-state index contributed by atoms with van der Waals surface area (Å²) in [6.45, 7) is 4.04. The Balaban J connectivity index is 2.09.